The first kappa shape index (κ1) is 21.8. The molecular weight excluding hydrogens is 452 g/mol. The van der Waals surface area contributed by atoms with Gasteiger partial charge in [-0.2, -0.15) is 0 Å². The summed E-state index contributed by atoms with van der Waals surface area (Å²) in [5.74, 6) is -2.76. The Hall–Kier alpha value is -4.37. The molecule has 9 nitrogen and oxygen atoms in total. The highest BCUT2D eigenvalue weighted by Gasteiger charge is 2.33. The van der Waals surface area contributed by atoms with Gasteiger partial charge in [0.1, 0.15) is 5.69 Å². The molecule has 4 rings (SSSR count). The van der Waals surface area contributed by atoms with Crippen LogP contribution in [0.15, 0.2) is 60.7 Å². The molecule has 0 fully saturated rings. The predicted octanol–water partition coefficient (Wildman–Crippen LogP) is 3.82. The van der Waals surface area contributed by atoms with E-state index in [-0.39, 0.29) is 44.2 Å². The van der Waals surface area contributed by atoms with Crippen molar-refractivity contribution >= 4 is 46.4 Å². The van der Waals surface area contributed by atoms with Crippen LogP contribution in [0.4, 0.5) is 11.4 Å². The van der Waals surface area contributed by atoms with Crippen molar-refractivity contribution in [3.63, 3.8) is 0 Å². The minimum Gasteiger partial charge on any atom is -0.452 e. The molecule has 0 heterocycles. The molecule has 0 radical (unpaired) electrons. The third-order valence-corrected chi connectivity index (χ3v) is 5.17. The highest BCUT2D eigenvalue weighted by atomic mass is 35.5. The summed E-state index contributed by atoms with van der Waals surface area (Å²) in [7, 11) is 0. The number of fused-ring (bicyclic) bond motifs is 2. The zero-order valence-electron chi connectivity index (χ0n) is 16.7. The Morgan fingerprint density at radius 2 is 1.61 bits per heavy atom. The van der Waals surface area contributed by atoms with Crippen LogP contribution in [-0.2, 0) is 9.53 Å². The number of benzene rings is 3. The molecule has 0 saturated carbocycles. The molecule has 1 aliphatic rings. The summed E-state index contributed by atoms with van der Waals surface area (Å²) in [6.45, 7) is -0.787. The number of hydrogen-bond acceptors (Lipinski definition) is 7. The fraction of sp³-hybridized carbons (Fsp3) is 0.0435. The number of carbonyl (C=O) groups is 4. The molecule has 0 bridgehead atoms. The Bertz CT molecular complexity index is 1370. The summed E-state index contributed by atoms with van der Waals surface area (Å²) in [6.07, 6.45) is 0. The summed E-state index contributed by atoms with van der Waals surface area (Å²) in [5, 5.41) is 13.5. The molecule has 1 amide bonds. The molecule has 3 aromatic rings. The first-order valence-corrected chi connectivity index (χ1v) is 9.88. The van der Waals surface area contributed by atoms with E-state index in [1.54, 1.807) is 12.1 Å². The molecule has 0 aromatic heterocycles. The first-order valence-electron chi connectivity index (χ1n) is 9.50. The maximum Gasteiger partial charge on any atom is 0.339 e. The van der Waals surface area contributed by atoms with Gasteiger partial charge < -0.3 is 10.1 Å². The van der Waals surface area contributed by atoms with Gasteiger partial charge in [0.05, 0.1) is 10.5 Å². The average Bonchev–Trinajstić information content (AvgIpc) is 2.80. The van der Waals surface area contributed by atoms with Gasteiger partial charge in [-0.25, -0.2) is 4.79 Å². The number of esters is 1. The number of ketones is 2. The monoisotopic (exact) mass is 464 g/mol. The zero-order chi connectivity index (χ0) is 23.7. The number of nitrogens with zero attached hydrogens (tertiary/aromatic N) is 1. The van der Waals surface area contributed by atoms with E-state index < -0.39 is 35.0 Å². The summed E-state index contributed by atoms with van der Waals surface area (Å²) >= 11 is 5.82. The van der Waals surface area contributed by atoms with Crippen molar-refractivity contribution in [3.8, 4) is 0 Å². The number of hydrogen-bond donors (Lipinski definition) is 1. The molecule has 33 heavy (non-hydrogen) atoms. The number of amides is 1. The van der Waals surface area contributed by atoms with E-state index in [0.717, 1.165) is 6.07 Å². The van der Waals surface area contributed by atoms with Crippen LogP contribution in [0.1, 0.15) is 42.2 Å². The highest BCUT2D eigenvalue weighted by molar-refractivity contribution is 6.31. The number of nitro benzene ring substituents is 1. The summed E-state index contributed by atoms with van der Waals surface area (Å²) < 4.78 is 5.01. The molecule has 0 atom stereocenters. The van der Waals surface area contributed by atoms with Crippen LogP contribution in [0.5, 0.6) is 0 Å². The molecule has 0 saturated heterocycles. The highest BCUT2D eigenvalue weighted by Crippen LogP contribution is 2.30. The smallest absolute Gasteiger partial charge is 0.339 e. The van der Waals surface area contributed by atoms with E-state index in [9.17, 15) is 29.3 Å². The van der Waals surface area contributed by atoms with Crippen LogP contribution >= 0.6 is 11.6 Å². The Morgan fingerprint density at radius 1 is 0.939 bits per heavy atom. The molecule has 0 spiro atoms. The summed E-state index contributed by atoms with van der Waals surface area (Å²) in [6, 6.07) is 14.1. The lowest BCUT2D eigenvalue weighted by molar-refractivity contribution is -0.383. The molecule has 0 aliphatic heterocycles. The Morgan fingerprint density at radius 3 is 2.30 bits per heavy atom. The van der Waals surface area contributed by atoms with Gasteiger partial charge in [0, 0.05) is 33.3 Å². The molecule has 1 N–H and O–H groups in total. The van der Waals surface area contributed by atoms with Crippen molar-refractivity contribution in [2.75, 3.05) is 11.9 Å². The number of ether oxygens (including phenoxy) is 1. The topological polar surface area (TPSA) is 133 Å². The Kier molecular flexibility index (Phi) is 5.72. The molecule has 164 valence electrons. The van der Waals surface area contributed by atoms with Crippen LogP contribution in [0, 0.1) is 10.1 Å². The number of nitro groups is 1. The van der Waals surface area contributed by atoms with Gasteiger partial charge in [0.2, 0.25) is 0 Å². The van der Waals surface area contributed by atoms with E-state index >= 15 is 0 Å². The van der Waals surface area contributed by atoms with E-state index in [2.05, 4.69) is 5.32 Å². The number of rotatable bonds is 5. The van der Waals surface area contributed by atoms with Crippen molar-refractivity contribution in [3.05, 3.63) is 104 Å². The number of halogens is 1. The number of nitrogens with one attached hydrogen (secondary N) is 1. The molecule has 3 aromatic carbocycles. The van der Waals surface area contributed by atoms with Crippen LogP contribution in [0.2, 0.25) is 5.02 Å². The van der Waals surface area contributed by atoms with E-state index in [1.165, 1.54) is 42.5 Å². The minimum atomic E-state index is -0.997. The lowest BCUT2D eigenvalue weighted by atomic mass is 9.82. The normalized spacial score (nSPS) is 11.9. The van der Waals surface area contributed by atoms with Crippen molar-refractivity contribution in [2.45, 2.75) is 0 Å². The van der Waals surface area contributed by atoms with Crippen LogP contribution in [0.3, 0.4) is 0 Å². The van der Waals surface area contributed by atoms with Gasteiger partial charge in [-0.15, -0.1) is 0 Å². The maximum absolute atomic E-state index is 13.0. The third kappa shape index (κ3) is 4.09. The van der Waals surface area contributed by atoms with E-state index in [0.29, 0.717) is 0 Å². The summed E-state index contributed by atoms with van der Waals surface area (Å²) in [4.78, 5) is 61.1. The molecule has 0 unspecified atom stereocenters. The lowest BCUT2D eigenvalue weighted by Crippen LogP contribution is -2.26. The van der Waals surface area contributed by atoms with Gasteiger partial charge in [-0.3, -0.25) is 24.5 Å². The SMILES string of the molecule is O=C(COC(=O)c1cccc2c1C(=O)c1ccccc1C2=O)Nc1cc(Cl)ccc1[N+](=O)[O-]. The zero-order valence-corrected chi connectivity index (χ0v) is 17.4. The van der Waals surface area contributed by atoms with E-state index in [1.807, 2.05) is 0 Å². The second-order valence-corrected chi connectivity index (χ2v) is 7.41. The van der Waals surface area contributed by atoms with Crippen molar-refractivity contribution < 1.29 is 28.8 Å². The number of carbonyl (C=O) groups excluding carboxylic acids is 4. The average molecular weight is 465 g/mol. The van der Waals surface area contributed by atoms with Crippen molar-refractivity contribution in [1.82, 2.24) is 0 Å². The second kappa shape index (κ2) is 8.64. The number of anilines is 1. The quantitative estimate of drug-likeness (QED) is 0.269. The maximum atomic E-state index is 13.0. The predicted molar refractivity (Wildman–Crippen MR) is 117 cm³/mol. The van der Waals surface area contributed by atoms with Crippen LogP contribution in [0.25, 0.3) is 0 Å². The fourth-order valence-electron chi connectivity index (χ4n) is 3.48. The second-order valence-electron chi connectivity index (χ2n) is 6.97. The van der Waals surface area contributed by atoms with Gasteiger partial charge in [-0.1, -0.05) is 48.0 Å². The van der Waals surface area contributed by atoms with Gasteiger partial charge in [-0.05, 0) is 18.2 Å². The van der Waals surface area contributed by atoms with Gasteiger partial charge >= 0.3 is 5.97 Å². The van der Waals surface area contributed by atoms with Crippen molar-refractivity contribution in [1.29, 1.82) is 0 Å². The standard InChI is InChI=1S/C23H13ClN2O7/c24-12-8-9-18(26(31)32)17(10-12)25-19(27)11-33-23(30)16-7-3-6-15-20(16)22(29)14-5-2-1-4-13(14)21(15)28/h1-10H,11H2,(H,25,27). The van der Waals surface area contributed by atoms with Crippen LogP contribution in [-0.4, -0.2) is 35.0 Å². The van der Waals surface area contributed by atoms with Gasteiger partial charge in [0.25, 0.3) is 11.6 Å². The van der Waals surface area contributed by atoms with E-state index in [4.69, 9.17) is 16.3 Å². The third-order valence-electron chi connectivity index (χ3n) is 4.94. The molecular formula is C23H13ClN2O7. The fourth-order valence-corrected chi connectivity index (χ4v) is 3.65. The Balaban J connectivity index is 1.54. The first-order chi connectivity index (χ1) is 15.8. The van der Waals surface area contributed by atoms with Crippen LogP contribution < -0.4 is 5.32 Å². The minimum absolute atomic E-state index is 0.0622. The Labute approximate surface area is 191 Å². The van der Waals surface area contributed by atoms with Gasteiger partial charge in [0.15, 0.2) is 18.2 Å². The summed E-state index contributed by atoms with van der Waals surface area (Å²) in [5.41, 5.74) is -0.350. The molecule has 1 aliphatic carbocycles. The molecule has 10 heteroatoms. The lowest BCUT2D eigenvalue weighted by Gasteiger charge is -2.19. The van der Waals surface area contributed by atoms with Crippen molar-refractivity contribution in [2.24, 2.45) is 0 Å². The largest absolute Gasteiger partial charge is 0.452 e.